The molecule has 0 spiro atoms. The van der Waals surface area contributed by atoms with E-state index in [-0.39, 0.29) is 12.4 Å². The maximum Gasteiger partial charge on any atom is 0.225 e. The highest BCUT2D eigenvalue weighted by Gasteiger charge is 2.20. The number of hydrogen-bond donors (Lipinski definition) is 1. The first-order chi connectivity index (χ1) is 14.1. The Labute approximate surface area is 170 Å². The summed E-state index contributed by atoms with van der Waals surface area (Å²) in [5, 5.41) is 9.13. The summed E-state index contributed by atoms with van der Waals surface area (Å²) in [5.74, 6) is 0.408. The molecule has 2 heterocycles. The Hall–Kier alpha value is -2.83. The van der Waals surface area contributed by atoms with E-state index < -0.39 is 0 Å². The van der Waals surface area contributed by atoms with Crippen LogP contribution in [0.3, 0.4) is 0 Å². The van der Waals surface area contributed by atoms with Crippen molar-refractivity contribution < 1.29 is 9.50 Å². The lowest BCUT2D eigenvalue weighted by Gasteiger charge is -2.34. The van der Waals surface area contributed by atoms with Gasteiger partial charge in [0.2, 0.25) is 5.95 Å². The van der Waals surface area contributed by atoms with Crippen molar-refractivity contribution in [3.05, 3.63) is 66.1 Å². The van der Waals surface area contributed by atoms with Crippen molar-refractivity contribution in [1.29, 1.82) is 0 Å². The molecule has 1 fully saturated rings. The lowest BCUT2D eigenvalue weighted by Crippen LogP contribution is -2.47. The minimum absolute atomic E-state index is 0.177. The first kappa shape index (κ1) is 19.5. The van der Waals surface area contributed by atoms with E-state index in [9.17, 15) is 4.39 Å². The number of aliphatic hydroxyl groups excluding tert-OH is 1. The van der Waals surface area contributed by atoms with E-state index in [1.807, 2.05) is 18.2 Å². The molecular weight excluding hydrogens is 367 g/mol. The summed E-state index contributed by atoms with van der Waals surface area (Å²) in [6, 6.07) is 14.7. The molecule has 0 atom stereocenters. The van der Waals surface area contributed by atoms with Crippen molar-refractivity contribution in [2.75, 3.05) is 44.2 Å². The van der Waals surface area contributed by atoms with Gasteiger partial charge < -0.3 is 10.0 Å². The van der Waals surface area contributed by atoms with Crippen LogP contribution < -0.4 is 4.90 Å². The standard InChI is InChI=1S/C23H25FN4O/c1-17-5-7-18(8-6-17)22-21(19-3-2-4-20(24)15-19)16-25-23(26-22)28-11-9-27(10-12-28)13-14-29/h2-8,15-16,29H,9-14H2,1H3. The van der Waals surface area contributed by atoms with E-state index in [4.69, 9.17) is 10.1 Å². The number of aryl methyl sites for hydroxylation is 1. The highest BCUT2D eigenvalue weighted by molar-refractivity contribution is 5.81. The van der Waals surface area contributed by atoms with Crippen LogP contribution >= 0.6 is 0 Å². The number of aromatic nitrogens is 2. The minimum atomic E-state index is -0.276. The first-order valence-corrected chi connectivity index (χ1v) is 9.92. The zero-order valence-corrected chi connectivity index (χ0v) is 16.6. The maximum absolute atomic E-state index is 13.8. The van der Waals surface area contributed by atoms with E-state index in [2.05, 4.69) is 33.8 Å². The van der Waals surface area contributed by atoms with Gasteiger partial charge in [-0.05, 0) is 24.6 Å². The molecule has 0 saturated carbocycles. The minimum Gasteiger partial charge on any atom is -0.395 e. The van der Waals surface area contributed by atoms with Crippen LogP contribution in [0, 0.1) is 12.7 Å². The molecule has 150 valence electrons. The molecule has 3 aromatic rings. The molecule has 0 unspecified atom stereocenters. The molecule has 1 aliphatic rings. The summed E-state index contributed by atoms with van der Waals surface area (Å²) in [4.78, 5) is 13.9. The Morgan fingerprint density at radius 3 is 2.45 bits per heavy atom. The number of hydrogen-bond acceptors (Lipinski definition) is 5. The summed E-state index contributed by atoms with van der Waals surface area (Å²) < 4.78 is 13.8. The lowest BCUT2D eigenvalue weighted by atomic mass is 10.00. The molecule has 29 heavy (non-hydrogen) atoms. The Morgan fingerprint density at radius 2 is 1.76 bits per heavy atom. The molecule has 0 radical (unpaired) electrons. The molecule has 5 nitrogen and oxygen atoms in total. The van der Waals surface area contributed by atoms with Gasteiger partial charge in [-0.1, -0.05) is 42.0 Å². The highest BCUT2D eigenvalue weighted by atomic mass is 19.1. The molecule has 4 rings (SSSR count). The van der Waals surface area contributed by atoms with E-state index in [1.165, 1.54) is 17.7 Å². The number of benzene rings is 2. The van der Waals surface area contributed by atoms with Crippen LogP contribution in [0.2, 0.25) is 0 Å². The molecule has 0 amide bonds. The van der Waals surface area contributed by atoms with E-state index in [1.54, 1.807) is 12.3 Å². The Bertz CT molecular complexity index is 969. The van der Waals surface area contributed by atoms with Crippen molar-refractivity contribution in [2.45, 2.75) is 6.92 Å². The van der Waals surface area contributed by atoms with Crippen LogP contribution in [0.25, 0.3) is 22.4 Å². The van der Waals surface area contributed by atoms with Gasteiger partial charge in [-0.2, -0.15) is 0 Å². The van der Waals surface area contributed by atoms with Crippen LogP contribution in [0.4, 0.5) is 10.3 Å². The summed E-state index contributed by atoms with van der Waals surface area (Å²) in [5.41, 5.74) is 4.54. The lowest BCUT2D eigenvalue weighted by molar-refractivity contribution is 0.188. The average molecular weight is 392 g/mol. The predicted octanol–water partition coefficient (Wildman–Crippen LogP) is 3.37. The van der Waals surface area contributed by atoms with Crippen LogP contribution in [0.5, 0.6) is 0 Å². The highest BCUT2D eigenvalue weighted by Crippen LogP contribution is 2.32. The third kappa shape index (κ3) is 4.44. The van der Waals surface area contributed by atoms with Gasteiger partial charge in [0, 0.05) is 50.0 Å². The largest absolute Gasteiger partial charge is 0.395 e. The second-order valence-electron chi connectivity index (χ2n) is 7.36. The third-order valence-electron chi connectivity index (χ3n) is 5.31. The topological polar surface area (TPSA) is 52.5 Å². The second-order valence-corrected chi connectivity index (χ2v) is 7.36. The SMILES string of the molecule is Cc1ccc(-c2nc(N3CCN(CCO)CC3)ncc2-c2cccc(F)c2)cc1. The number of halogens is 1. The van der Waals surface area contributed by atoms with Crippen molar-refractivity contribution >= 4 is 5.95 Å². The van der Waals surface area contributed by atoms with E-state index >= 15 is 0 Å². The molecule has 1 saturated heterocycles. The summed E-state index contributed by atoms with van der Waals surface area (Å²) >= 11 is 0. The fraction of sp³-hybridized carbons (Fsp3) is 0.304. The van der Waals surface area contributed by atoms with Crippen LogP contribution in [-0.2, 0) is 0 Å². The molecule has 6 heteroatoms. The average Bonchev–Trinajstić information content (AvgIpc) is 2.75. The van der Waals surface area contributed by atoms with Gasteiger partial charge in [0.25, 0.3) is 0 Å². The fourth-order valence-corrected chi connectivity index (χ4v) is 3.64. The fourth-order valence-electron chi connectivity index (χ4n) is 3.64. The Balaban J connectivity index is 1.71. The number of nitrogens with zero attached hydrogens (tertiary/aromatic N) is 4. The van der Waals surface area contributed by atoms with Crippen molar-refractivity contribution in [3.8, 4) is 22.4 Å². The first-order valence-electron chi connectivity index (χ1n) is 9.92. The van der Waals surface area contributed by atoms with Gasteiger partial charge in [-0.3, -0.25) is 4.90 Å². The third-order valence-corrected chi connectivity index (χ3v) is 5.31. The normalized spacial score (nSPS) is 14.9. The smallest absolute Gasteiger partial charge is 0.225 e. The predicted molar refractivity (Wildman–Crippen MR) is 113 cm³/mol. The van der Waals surface area contributed by atoms with E-state index in [0.29, 0.717) is 12.5 Å². The Kier molecular flexibility index (Phi) is 5.83. The van der Waals surface area contributed by atoms with E-state index in [0.717, 1.165) is 48.6 Å². The number of rotatable bonds is 5. The molecule has 1 aliphatic heterocycles. The summed E-state index contributed by atoms with van der Waals surface area (Å²) in [6.07, 6.45) is 1.80. The molecule has 2 aromatic carbocycles. The van der Waals surface area contributed by atoms with Crippen molar-refractivity contribution in [1.82, 2.24) is 14.9 Å². The number of aliphatic hydroxyl groups is 1. The van der Waals surface area contributed by atoms with Crippen molar-refractivity contribution in [2.24, 2.45) is 0 Å². The van der Waals surface area contributed by atoms with Gasteiger partial charge >= 0.3 is 0 Å². The monoisotopic (exact) mass is 392 g/mol. The van der Waals surface area contributed by atoms with Crippen molar-refractivity contribution in [3.63, 3.8) is 0 Å². The van der Waals surface area contributed by atoms with Gasteiger partial charge in [0.15, 0.2) is 0 Å². The van der Waals surface area contributed by atoms with Crippen LogP contribution in [0.15, 0.2) is 54.7 Å². The number of anilines is 1. The zero-order valence-electron chi connectivity index (χ0n) is 16.6. The van der Waals surface area contributed by atoms with Gasteiger partial charge in [0.05, 0.1) is 12.3 Å². The van der Waals surface area contributed by atoms with Crippen LogP contribution in [-0.4, -0.2) is 59.3 Å². The quantitative estimate of drug-likeness (QED) is 0.722. The summed E-state index contributed by atoms with van der Waals surface area (Å²) in [7, 11) is 0. The van der Waals surface area contributed by atoms with Gasteiger partial charge in [0.1, 0.15) is 5.82 Å². The van der Waals surface area contributed by atoms with Gasteiger partial charge in [-0.25, -0.2) is 14.4 Å². The maximum atomic E-state index is 13.8. The summed E-state index contributed by atoms with van der Waals surface area (Å²) in [6.45, 7) is 6.29. The second kappa shape index (κ2) is 8.68. The number of β-amino-alcohol motifs (C(OH)–C–C–N with tert-alkyl or cyclic N) is 1. The zero-order chi connectivity index (χ0) is 20.2. The Morgan fingerprint density at radius 1 is 1.00 bits per heavy atom. The number of piperazine rings is 1. The van der Waals surface area contributed by atoms with Gasteiger partial charge in [-0.15, -0.1) is 0 Å². The molecular formula is C23H25FN4O. The van der Waals surface area contributed by atoms with Crippen LogP contribution in [0.1, 0.15) is 5.56 Å². The molecule has 0 aliphatic carbocycles. The molecule has 0 bridgehead atoms. The molecule has 1 N–H and O–H groups in total. The molecule has 1 aromatic heterocycles.